The van der Waals surface area contributed by atoms with E-state index < -0.39 is 0 Å². The predicted octanol–water partition coefficient (Wildman–Crippen LogP) is 4.15. The molecule has 0 saturated carbocycles. The third-order valence-electron chi connectivity index (χ3n) is 5.25. The monoisotopic (exact) mass is 286 g/mol. The number of nitrogens with zero attached hydrogens (tertiary/aromatic N) is 1. The lowest BCUT2D eigenvalue weighted by Crippen LogP contribution is -2.69. The highest BCUT2D eigenvalue weighted by atomic mass is 35.5. The fraction of sp³-hybridized carbons (Fsp3) is 0.875. The Morgan fingerprint density at radius 2 is 1.74 bits per heavy atom. The summed E-state index contributed by atoms with van der Waals surface area (Å²) in [6, 6.07) is 0. The lowest BCUT2D eigenvalue weighted by atomic mass is 9.80. The van der Waals surface area contributed by atoms with Gasteiger partial charge in [-0.1, -0.05) is 39.3 Å². The van der Waals surface area contributed by atoms with Crippen molar-refractivity contribution in [2.45, 2.75) is 71.4 Å². The van der Waals surface area contributed by atoms with Crippen LogP contribution in [0.3, 0.4) is 0 Å². The Labute approximate surface area is 124 Å². The second-order valence-corrected chi connectivity index (χ2v) is 6.30. The van der Waals surface area contributed by atoms with Crippen LogP contribution in [-0.2, 0) is 0 Å². The van der Waals surface area contributed by atoms with Crippen LogP contribution in [0, 0.1) is 0 Å². The van der Waals surface area contributed by atoms with Gasteiger partial charge >= 0.3 is 0 Å². The number of hydrogen-bond acceptors (Lipinski definition) is 2. The molecule has 0 amide bonds. The third kappa shape index (κ3) is 3.53. The van der Waals surface area contributed by atoms with Gasteiger partial charge in [-0.3, -0.25) is 4.90 Å². The lowest BCUT2D eigenvalue weighted by Gasteiger charge is -2.54. The van der Waals surface area contributed by atoms with E-state index >= 15 is 0 Å². The van der Waals surface area contributed by atoms with Crippen molar-refractivity contribution in [1.82, 2.24) is 10.2 Å². The Kier molecular flexibility index (Phi) is 6.35. The van der Waals surface area contributed by atoms with Gasteiger partial charge in [0.15, 0.2) is 0 Å². The molecule has 1 saturated heterocycles. The van der Waals surface area contributed by atoms with Crippen LogP contribution >= 0.6 is 11.6 Å². The molecule has 0 atom stereocenters. The fourth-order valence-electron chi connectivity index (χ4n) is 3.28. The zero-order chi connectivity index (χ0) is 14.5. The molecule has 1 heterocycles. The number of hydrogen-bond donors (Lipinski definition) is 1. The molecule has 1 aliphatic heterocycles. The molecule has 1 fully saturated rings. The molecule has 3 heteroatoms. The molecule has 0 radical (unpaired) electrons. The summed E-state index contributed by atoms with van der Waals surface area (Å²) in [6.45, 7) is 14.6. The van der Waals surface area contributed by atoms with Gasteiger partial charge < -0.3 is 5.32 Å². The number of piperazine rings is 1. The topological polar surface area (TPSA) is 15.3 Å². The maximum atomic E-state index is 5.89. The Bertz CT molecular complexity index is 304. The second kappa shape index (κ2) is 7.10. The van der Waals surface area contributed by atoms with E-state index in [9.17, 15) is 0 Å². The van der Waals surface area contributed by atoms with Crippen LogP contribution in [0.25, 0.3) is 0 Å². The first kappa shape index (κ1) is 17.0. The van der Waals surface area contributed by atoms with Crippen LogP contribution < -0.4 is 5.32 Å². The van der Waals surface area contributed by atoms with Gasteiger partial charge in [0.05, 0.1) is 0 Å². The van der Waals surface area contributed by atoms with Crippen molar-refractivity contribution in [2.24, 2.45) is 0 Å². The van der Waals surface area contributed by atoms with Crippen molar-refractivity contribution in [3.05, 3.63) is 11.1 Å². The van der Waals surface area contributed by atoms with Crippen LogP contribution in [0.1, 0.15) is 60.3 Å². The maximum absolute atomic E-state index is 5.89. The fourth-order valence-corrected chi connectivity index (χ4v) is 3.35. The van der Waals surface area contributed by atoms with E-state index in [1.165, 1.54) is 31.3 Å². The molecule has 19 heavy (non-hydrogen) atoms. The smallest absolute Gasteiger partial charge is 0.0333 e. The molecule has 0 aromatic heterocycles. The highest BCUT2D eigenvalue weighted by Gasteiger charge is 2.43. The molecule has 0 spiro atoms. The van der Waals surface area contributed by atoms with Crippen LogP contribution in [0.4, 0.5) is 0 Å². The minimum atomic E-state index is 0.278. The summed E-state index contributed by atoms with van der Waals surface area (Å²) in [4.78, 5) is 2.67. The molecule has 112 valence electrons. The van der Waals surface area contributed by atoms with E-state index in [2.05, 4.69) is 44.8 Å². The quantitative estimate of drug-likeness (QED) is 0.789. The van der Waals surface area contributed by atoms with Crippen molar-refractivity contribution in [1.29, 1.82) is 0 Å². The summed E-state index contributed by atoms with van der Waals surface area (Å²) in [6.07, 6.45) is 4.76. The minimum absolute atomic E-state index is 0.278. The van der Waals surface area contributed by atoms with Crippen LogP contribution in [0.5, 0.6) is 0 Å². The highest BCUT2D eigenvalue weighted by Crippen LogP contribution is 2.33. The van der Waals surface area contributed by atoms with E-state index in [0.717, 1.165) is 19.6 Å². The molecule has 0 unspecified atom stereocenters. The summed E-state index contributed by atoms with van der Waals surface area (Å²) in [5.74, 6) is 0. The first-order chi connectivity index (χ1) is 9.01. The minimum Gasteiger partial charge on any atom is -0.308 e. The van der Waals surface area contributed by atoms with Crippen LogP contribution in [0.15, 0.2) is 11.1 Å². The molecule has 0 aromatic rings. The van der Waals surface area contributed by atoms with Crippen LogP contribution in [0.2, 0.25) is 0 Å². The van der Waals surface area contributed by atoms with Crippen molar-refractivity contribution >= 4 is 11.6 Å². The van der Waals surface area contributed by atoms with Gasteiger partial charge in [-0.2, -0.15) is 0 Å². The van der Waals surface area contributed by atoms with Crippen molar-refractivity contribution in [3.8, 4) is 0 Å². The summed E-state index contributed by atoms with van der Waals surface area (Å²) in [5.41, 5.74) is 3.56. The van der Waals surface area contributed by atoms with Gasteiger partial charge in [-0.15, -0.1) is 0 Å². The summed E-state index contributed by atoms with van der Waals surface area (Å²) in [5, 5.41) is 3.85. The van der Waals surface area contributed by atoms with E-state index in [1.54, 1.807) is 5.54 Å². The van der Waals surface area contributed by atoms with E-state index in [0.29, 0.717) is 0 Å². The number of rotatable bonds is 6. The van der Waals surface area contributed by atoms with Gasteiger partial charge in [0, 0.05) is 36.2 Å². The molecule has 0 aliphatic carbocycles. The number of nitrogens with one attached hydrogen (secondary N) is 1. The highest BCUT2D eigenvalue weighted by molar-refractivity contribution is 6.25. The predicted molar refractivity (Wildman–Crippen MR) is 85.8 cm³/mol. The normalized spacial score (nSPS) is 23.6. The molecule has 0 bridgehead atoms. The zero-order valence-corrected chi connectivity index (χ0v) is 14.1. The largest absolute Gasteiger partial charge is 0.308 e. The van der Waals surface area contributed by atoms with E-state index in [4.69, 9.17) is 11.6 Å². The molecule has 1 aliphatic rings. The number of halogens is 1. The molecular formula is C16H31ClN2. The van der Waals surface area contributed by atoms with Gasteiger partial charge in [0.2, 0.25) is 0 Å². The van der Waals surface area contributed by atoms with Gasteiger partial charge in [0.25, 0.3) is 0 Å². The SMILES string of the molecule is CCC1(CC)CN(CC(C)=CCl)C(CC)(CC)CN1. The molecule has 0 aromatic carbocycles. The summed E-state index contributed by atoms with van der Waals surface area (Å²) < 4.78 is 0. The van der Waals surface area contributed by atoms with Crippen LogP contribution in [-0.4, -0.2) is 35.6 Å². The van der Waals surface area contributed by atoms with Gasteiger partial charge in [0.1, 0.15) is 0 Å². The third-order valence-corrected chi connectivity index (χ3v) is 5.63. The maximum Gasteiger partial charge on any atom is 0.0333 e. The summed E-state index contributed by atoms with van der Waals surface area (Å²) in [7, 11) is 0. The first-order valence-corrected chi connectivity index (χ1v) is 8.21. The summed E-state index contributed by atoms with van der Waals surface area (Å²) >= 11 is 5.89. The Balaban J connectivity index is 2.98. The molecule has 1 N–H and O–H groups in total. The van der Waals surface area contributed by atoms with Crippen molar-refractivity contribution < 1.29 is 0 Å². The van der Waals surface area contributed by atoms with E-state index in [-0.39, 0.29) is 11.1 Å². The van der Waals surface area contributed by atoms with Crippen molar-refractivity contribution in [2.75, 3.05) is 19.6 Å². The standard InChI is InChI=1S/C16H31ClN2/c1-6-15(7-2)13-19(11-14(5)10-17)16(8-3,9-4)12-18-15/h10,18H,6-9,11-13H2,1-5H3. The molecular weight excluding hydrogens is 256 g/mol. The average molecular weight is 287 g/mol. The van der Waals surface area contributed by atoms with Gasteiger partial charge in [-0.25, -0.2) is 0 Å². The zero-order valence-electron chi connectivity index (χ0n) is 13.4. The van der Waals surface area contributed by atoms with E-state index in [1.807, 2.05) is 0 Å². The Morgan fingerprint density at radius 3 is 2.16 bits per heavy atom. The second-order valence-electron chi connectivity index (χ2n) is 6.08. The Morgan fingerprint density at radius 1 is 1.16 bits per heavy atom. The first-order valence-electron chi connectivity index (χ1n) is 7.77. The molecule has 1 rings (SSSR count). The van der Waals surface area contributed by atoms with Crippen molar-refractivity contribution in [3.63, 3.8) is 0 Å². The Hall–Kier alpha value is -0.0500. The molecule has 2 nitrogen and oxygen atoms in total. The van der Waals surface area contributed by atoms with Gasteiger partial charge in [-0.05, 0) is 38.2 Å². The lowest BCUT2D eigenvalue weighted by molar-refractivity contribution is 0.00221. The average Bonchev–Trinajstić information content (AvgIpc) is 2.47.